The molecule has 3 nitrogen and oxygen atoms in total. The highest BCUT2D eigenvalue weighted by Crippen LogP contribution is 2.21. The zero-order chi connectivity index (χ0) is 14.0. The maximum absolute atomic E-state index is 10.4. The van der Waals surface area contributed by atoms with Crippen molar-refractivity contribution >= 4 is 0 Å². The molecule has 2 unspecified atom stereocenters. The third-order valence-electron chi connectivity index (χ3n) is 4.00. The van der Waals surface area contributed by atoms with Crippen LogP contribution in [0, 0.1) is 0 Å². The molecule has 1 aliphatic heterocycles. The molecular formula is C16H33NO2. The molecule has 0 bridgehead atoms. The van der Waals surface area contributed by atoms with Gasteiger partial charge in [-0.1, -0.05) is 51.9 Å². The van der Waals surface area contributed by atoms with Crippen LogP contribution in [0.2, 0.25) is 0 Å². The number of unbranched alkanes of at least 4 members (excludes halogenated alkanes) is 6. The Balaban J connectivity index is 2.02. The van der Waals surface area contributed by atoms with Crippen molar-refractivity contribution in [2.75, 3.05) is 19.8 Å². The SMILES string of the molecule is CCCCCCCCCC(C)(O)CC1COCCN1. The fourth-order valence-electron chi connectivity index (χ4n) is 2.85. The first-order valence-electron chi connectivity index (χ1n) is 8.17. The van der Waals surface area contributed by atoms with Crippen LogP contribution in [0.4, 0.5) is 0 Å². The summed E-state index contributed by atoms with van der Waals surface area (Å²) in [6.07, 6.45) is 10.9. The number of aliphatic hydroxyl groups is 1. The molecule has 3 heteroatoms. The van der Waals surface area contributed by atoms with Crippen LogP contribution >= 0.6 is 0 Å². The van der Waals surface area contributed by atoms with E-state index in [2.05, 4.69) is 12.2 Å². The zero-order valence-electron chi connectivity index (χ0n) is 12.9. The van der Waals surface area contributed by atoms with Crippen molar-refractivity contribution in [2.24, 2.45) is 0 Å². The van der Waals surface area contributed by atoms with Gasteiger partial charge in [0.05, 0.1) is 18.8 Å². The lowest BCUT2D eigenvalue weighted by molar-refractivity contribution is -0.000536. The second-order valence-electron chi connectivity index (χ2n) is 6.30. The average molecular weight is 271 g/mol. The van der Waals surface area contributed by atoms with E-state index in [1.165, 1.54) is 38.5 Å². The van der Waals surface area contributed by atoms with E-state index >= 15 is 0 Å². The minimum Gasteiger partial charge on any atom is -0.390 e. The molecule has 2 N–H and O–H groups in total. The molecule has 0 amide bonds. The van der Waals surface area contributed by atoms with Crippen molar-refractivity contribution in [3.8, 4) is 0 Å². The maximum Gasteiger partial charge on any atom is 0.0635 e. The standard InChI is InChI=1S/C16H33NO2/c1-3-4-5-6-7-8-9-10-16(2,18)13-15-14-19-12-11-17-15/h15,17-18H,3-14H2,1-2H3. The molecule has 1 rings (SSSR count). The lowest BCUT2D eigenvalue weighted by Gasteiger charge is -2.31. The molecule has 2 atom stereocenters. The van der Waals surface area contributed by atoms with Gasteiger partial charge in [0.2, 0.25) is 0 Å². The van der Waals surface area contributed by atoms with Crippen LogP contribution in [0.15, 0.2) is 0 Å². The van der Waals surface area contributed by atoms with Gasteiger partial charge >= 0.3 is 0 Å². The second-order valence-corrected chi connectivity index (χ2v) is 6.30. The number of rotatable bonds is 10. The van der Waals surface area contributed by atoms with E-state index in [0.717, 1.165) is 39.0 Å². The Morgan fingerprint density at radius 1 is 1.16 bits per heavy atom. The summed E-state index contributed by atoms with van der Waals surface area (Å²) in [5, 5.41) is 13.8. The van der Waals surface area contributed by atoms with Gasteiger partial charge in [-0.15, -0.1) is 0 Å². The van der Waals surface area contributed by atoms with Crippen LogP contribution in [0.25, 0.3) is 0 Å². The van der Waals surface area contributed by atoms with Gasteiger partial charge in [-0.05, 0) is 19.8 Å². The van der Waals surface area contributed by atoms with Crippen molar-refractivity contribution in [3.63, 3.8) is 0 Å². The van der Waals surface area contributed by atoms with E-state index in [4.69, 9.17) is 4.74 Å². The topological polar surface area (TPSA) is 41.5 Å². The third-order valence-corrected chi connectivity index (χ3v) is 4.00. The first-order valence-corrected chi connectivity index (χ1v) is 8.17. The van der Waals surface area contributed by atoms with Crippen LogP contribution in [-0.4, -0.2) is 36.5 Å². The van der Waals surface area contributed by atoms with Gasteiger partial charge in [0.1, 0.15) is 0 Å². The Morgan fingerprint density at radius 2 is 1.84 bits per heavy atom. The highest BCUT2D eigenvalue weighted by molar-refractivity contribution is 4.82. The van der Waals surface area contributed by atoms with Gasteiger partial charge in [0, 0.05) is 12.6 Å². The fourth-order valence-corrected chi connectivity index (χ4v) is 2.85. The molecule has 0 aromatic carbocycles. The number of morpholine rings is 1. The first kappa shape index (κ1) is 16.9. The molecule has 0 aromatic heterocycles. The van der Waals surface area contributed by atoms with Gasteiger partial charge in [-0.3, -0.25) is 0 Å². The van der Waals surface area contributed by atoms with Crippen LogP contribution < -0.4 is 5.32 Å². The molecule has 114 valence electrons. The monoisotopic (exact) mass is 271 g/mol. The minimum atomic E-state index is -0.540. The Bertz CT molecular complexity index is 213. The van der Waals surface area contributed by atoms with Crippen LogP contribution in [0.3, 0.4) is 0 Å². The maximum atomic E-state index is 10.4. The molecule has 1 fully saturated rings. The lowest BCUT2D eigenvalue weighted by atomic mass is 9.90. The van der Waals surface area contributed by atoms with Crippen LogP contribution in [-0.2, 0) is 4.74 Å². The predicted octanol–water partition coefficient (Wildman–Crippen LogP) is 3.26. The summed E-state index contributed by atoms with van der Waals surface area (Å²) in [4.78, 5) is 0. The van der Waals surface area contributed by atoms with E-state index in [9.17, 15) is 5.11 Å². The van der Waals surface area contributed by atoms with E-state index in [0.29, 0.717) is 6.04 Å². The summed E-state index contributed by atoms with van der Waals surface area (Å²) in [6.45, 7) is 6.68. The quantitative estimate of drug-likeness (QED) is 0.599. The first-order chi connectivity index (χ1) is 9.14. The second kappa shape index (κ2) is 9.73. The number of nitrogens with one attached hydrogen (secondary N) is 1. The average Bonchev–Trinajstić information content (AvgIpc) is 2.38. The van der Waals surface area contributed by atoms with Gasteiger partial charge in [-0.25, -0.2) is 0 Å². The molecule has 0 spiro atoms. The normalized spacial score (nSPS) is 23.2. The van der Waals surface area contributed by atoms with E-state index in [1.54, 1.807) is 0 Å². The summed E-state index contributed by atoms with van der Waals surface area (Å²) in [5.41, 5.74) is -0.540. The van der Waals surface area contributed by atoms with Crippen molar-refractivity contribution in [2.45, 2.75) is 83.3 Å². The highest BCUT2D eigenvalue weighted by Gasteiger charge is 2.26. The molecule has 0 aliphatic carbocycles. The largest absolute Gasteiger partial charge is 0.390 e. The zero-order valence-corrected chi connectivity index (χ0v) is 12.9. The molecule has 1 heterocycles. The number of hydrogen-bond acceptors (Lipinski definition) is 3. The van der Waals surface area contributed by atoms with E-state index < -0.39 is 5.60 Å². The van der Waals surface area contributed by atoms with Crippen molar-refractivity contribution in [3.05, 3.63) is 0 Å². The molecule has 1 aliphatic rings. The summed E-state index contributed by atoms with van der Waals surface area (Å²) < 4.78 is 5.43. The van der Waals surface area contributed by atoms with E-state index in [1.807, 2.05) is 6.92 Å². The van der Waals surface area contributed by atoms with Crippen molar-refractivity contribution in [1.82, 2.24) is 5.32 Å². The Hall–Kier alpha value is -0.120. The summed E-state index contributed by atoms with van der Waals surface area (Å²) >= 11 is 0. The fraction of sp³-hybridized carbons (Fsp3) is 1.00. The molecule has 19 heavy (non-hydrogen) atoms. The summed E-state index contributed by atoms with van der Waals surface area (Å²) in [7, 11) is 0. The van der Waals surface area contributed by atoms with Gasteiger partial charge in [0.15, 0.2) is 0 Å². The Labute approximate surface area is 119 Å². The van der Waals surface area contributed by atoms with Gasteiger partial charge in [-0.2, -0.15) is 0 Å². The van der Waals surface area contributed by atoms with Crippen LogP contribution in [0.5, 0.6) is 0 Å². The third kappa shape index (κ3) is 8.61. The molecular weight excluding hydrogens is 238 g/mol. The molecule has 0 saturated carbocycles. The molecule has 0 radical (unpaired) electrons. The van der Waals surface area contributed by atoms with Crippen molar-refractivity contribution < 1.29 is 9.84 Å². The molecule has 1 saturated heterocycles. The summed E-state index contributed by atoms with van der Waals surface area (Å²) in [5.74, 6) is 0. The van der Waals surface area contributed by atoms with Crippen LogP contribution in [0.1, 0.15) is 71.6 Å². The Morgan fingerprint density at radius 3 is 2.47 bits per heavy atom. The Kier molecular flexibility index (Phi) is 8.67. The highest BCUT2D eigenvalue weighted by atomic mass is 16.5. The van der Waals surface area contributed by atoms with Gasteiger partial charge in [0.25, 0.3) is 0 Å². The lowest BCUT2D eigenvalue weighted by Crippen LogP contribution is -2.45. The van der Waals surface area contributed by atoms with Gasteiger partial charge < -0.3 is 15.2 Å². The minimum absolute atomic E-state index is 0.327. The smallest absolute Gasteiger partial charge is 0.0635 e. The molecule has 0 aromatic rings. The summed E-state index contributed by atoms with van der Waals surface area (Å²) in [6, 6.07) is 0.327. The predicted molar refractivity (Wildman–Crippen MR) is 80.5 cm³/mol. The van der Waals surface area contributed by atoms with E-state index in [-0.39, 0.29) is 0 Å². The number of hydrogen-bond donors (Lipinski definition) is 2. The van der Waals surface area contributed by atoms with Crippen molar-refractivity contribution in [1.29, 1.82) is 0 Å². The number of ether oxygens (including phenoxy) is 1.